The summed E-state index contributed by atoms with van der Waals surface area (Å²) in [6.45, 7) is 8.49. The van der Waals surface area contributed by atoms with Crippen molar-refractivity contribution in [1.82, 2.24) is 4.90 Å². The second kappa shape index (κ2) is 5.93. The van der Waals surface area contributed by atoms with Crippen LogP contribution >= 0.6 is 0 Å². The summed E-state index contributed by atoms with van der Waals surface area (Å²) in [5.41, 5.74) is 8.51. The Morgan fingerprint density at radius 1 is 1.21 bits per heavy atom. The lowest BCUT2D eigenvalue weighted by Gasteiger charge is -2.36. The molecule has 0 saturated heterocycles. The van der Waals surface area contributed by atoms with Crippen LogP contribution in [0.2, 0.25) is 0 Å². The summed E-state index contributed by atoms with van der Waals surface area (Å²) < 4.78 is 5.44. The van der Waals surface area contributed by atoms with Gasteiger partial charge in [0.25, 0.3) is 0 Å². The molecule has 1 aromatic rings. The van der Waals surface area contributed by atoms with Gasteiger partial charge in [-0.1, -0.05) is 26.0 Å². The van der Waals surface area contributed by atoms with E-state index in [9.17, 15) is 0 Å². The minimum atomic E-state index is -0.299. The first-order chi connectivity index (χ1) is 8.68. The minimum absolute atomic E-state index is 0.177. The molecule has 0 fully saturated rings. The highest BCUT2D eigenvalue weighted by molar-refractivity contribution is 5.41. The van der Waals surface area contributed by atoms with Crippen LogP contribution in [0.25, 0.3) is 0 Å². The Hall–Kier alpha value is -1.06. The highest BCUT2D eigenvalue weighted by atomic mass is 16.5. The van der Waals surface area contributed by atoms with Crippen molar-refractivity contribution in [2.75, 3.05) is 21.2 Å². The third-order valence-electron chi connectivity index (χ3n) is 3.41. The van der Waals surface area contributed by atoms with Crippen LogP contribution in [0.1, 0.15) is 50.8 Å². The maximum Gasteiger partial charge on any atom is 0.122 e. The lowest BCUT2D eigenvalue weighted by Crippen LogP contribution is -2.45. The van der Waals surface area contributed by atoms with Crippen molar-refractivity contribution in [3.05, 3.63) is 29.3 Å². The van der Waals surface area contributed by atoms with Crippen molar-refractivity contribution in [1.29, 1.82) is 0 Å². The highest BCUT2D eigenvalue weighted by Gasteiger charge is 2.29. The predicted molar refractivity (Wildman–Crippen MR) is 81.8 cm³/mol. The molecule has 19 heavy (non-hydrogen) atoms. The highest BCUT2D eigenvalue weighted by Crippen LogP contribution is 2.34. The third kappa shape index (κ3) is 3.71. The minimum Gasteiger partial charge on any atom is -0.496 e. The summed E-state index contributed by atoms with van der Waals surface area (Å²) in [6, 6.07) is 6.57. The predicted octanol–water partition coefficient (Wildman–Crippen LogP) is 3.16. The molecule has 0 spiro atoms. The monoisotopic (exact) mass is 264 g/mol. The summed E-state index contributed by atoms with van der Waals surface area (Å²) in [7, 11) is 5.86. The summed E-state index contributed by atoms with van der Waals surface area (Å²) in [4.78, 5) is 2.17. The average Bonchev–Trinajstić information content (AvgIpc) is 2.26. The second-order valence-corrected chi connectivity index (χ2v) is 6.34. The number of rotatable bonds is 5. The molecule has 108 valence electrons. The third-order valence-corrected chi connectivity index (χ3v) is 3.41. The molecule has 0 bridgehead atoms. The van der Waals surface area contributed by atoms with Gasteiger partial charge in [0.2, 0.25) is 0 Å². The first-order valence-electron chi connectivity index (χ1n) is 6.81. The van der Waals surface area contributed by atoms with Gasteiger partial charge < -0.3 is 15.4 Å². The lowest BCUT2D eigenvalue weighted by atomic mass is 9.86. The number of ether oxygens (including phenoxy) is 1. The van der Waals surface area contributed by atoms with E-state index in [-0.39, 0.29) is 11.6 Å². The van der Waals surface area contributed by atoms with Crippen molar-refractivity contribution < 1.29 is 4.74 Å². The molecule has 0 saturated carbocycles. The van der Waals surface area contributed by atoms with E-state index in [1.54, 1.807) is 7.11 Å². The molecular weight excluding hydrogens is 236 g/mol. The van der Waals surface area contributed by atoms with E-state index in [0.717, 1.165) is 5.75 Å². The molecular formula is C16H28N2O. The number of benzene rings is 1. The molecule has 1 atom stereocenters. The fourth-order valence-corrected chi connectivity index (χ4v) is 2.77. The normalized spacial score (nSPS) is 14.0. The average molecular weight is 264 g/mol. The number of likely N-dealkylation sites (N-methyl/N-ethyl adjacent to an activating group) is 1. The molecule has 0 aliphatic rings. The van der Waals surface area contributed by atoms with Crippen LogP contribution in [-0.4, -0.2) is 31.6 Å². The van der Waals surface area contributed by atoms with Gasteiger partial charge in [0.05, 0.1) is 13.2 Å². The Morgan fingerprint density at radius 2 is 1.79 bits per heavy atom. The van der Waals surface area contributed by atoms with Gasteiger partial charge in [0, 0.05) is 5.54 Å². The number of hydrogen-bond donors (Lipinski definition) is 1. The molecule has 3 nitrogen and oxygen atoms in total. The van der Waals surface area contributed by atoms with Crippen LogP contribution in [0.4, 0.5) is 0 Å². The summed E-state index contributed by atoms with van der Waals surface area (Å²) in [5, 5.41) is 0. The largest absolute Gasteiger partial charge is 0.496 e. The Bertz CT molecular complexity index is 419. The van der Waals surface area contributed by atoms with Crippen LogP contribution in [0.3, 0.4) is 0 Å². The van der Waals surface area contributed by atoms with E-state index >= 15 is 0 Å². The zero-order valence-electron chi connectivity index (χ0n) is 13.3. The maximum absolute atomic E-state index is 6.34. The molecule has 0 amide bonds. The zero-order valence-corrected chi connectivity index (χ0v) is 13.3. The molecule has 0 heterocycles. The van der Waals surface area contributed by atoms with Crippen molar-refractivity contribution >= 4 is 0 Å². The SMILES string of the molecule is COc1ccc(C(N(C)C)C(C)(C)N)cc1C(C)C. The van der Waals surface area contributed by atoms with E-state index in [1.807, 2.05) is 6.07 Å². The summed E-state index contributed by atoms with van der Waals surface area (Å²) in [5.74, 6) is 1.38. The molecule has 0 radical (unpaired) electrons. The molecule has 0 aliphatic carbocycles. The van der Waals surface area contributed by atoms with Gasteiger partial charge in [0.15, 0.2) is 0 Å². The van der Waals surface area contributed by atoms with Crippen LogP contribution in [-0.2, 0) is 0 Å². The van der Waals surface area contributed by atoms with Gasteiger partial charge in [-0.25, -0.2) is 0 Å². The van der Waals surface area contributed by atoms with Gasteiger partial charge in [-0.3, -0.25) is 0 Å². The number of hydrogen-bond acceptors (Lipinski definition) is 3. The Kier molecular flexibility index (Phi) is 4.99. The van der Waals surface area contributed by atoms with Gasteiger partial charge in [0.1, 0.15) is 5.75 Å². The quantitative estimate of drug-likeness (QED) is 0.888. The van der Waals surface area contributed by atoms with Crippen LogP contribution in [0, 0.1) is 0 Å². The smallest absolute Gasteiger partial charge is 0.122 e. The van der Waals surface area contributed by atoms with E-state index < -0.39 is 0 Å². The summed E-state index contributed by atoms with van der Waals surface area (Å²) >= 11 is 0. The zero-order chi connectivity index (χ0) is 14.8. The first-order valence-corrected chi connectivity index (χ1v) is 6.81. The number of nitrogens with zero attached hydrogens (tertiary/aromatic N) is 1. The van der Waals surface area contributed by atoms with Crippen LogP contribution < -0.4 is 10.5 Å². The fourth-order valence-electron chi connectivity index (χ4n) is 2.77. The fraction of sp³-hybridized carbons (Fsp3) is 0.625. The van der Waals surface area contributed by atoms with Gasteiger partial charge in [-0.2, -0.15) is 0 Å². The second-order valence-electron chi connectivity index (χ2n) is 6.34. The van der Waals surface area contributed by atoms with Crippen molar-refractivity contribution in [3.63, 3.8) is 0 Å². The molecule has 3 heteroatoms. The molecule has 0 aliphatic heterocycles. The van der Waals surface area contributed by atoms with Crippen molar-refractivity contribution in [2.24, 2.45) is 5.73 Å². The van der Waals surface area contributed by atoms with Crippen molar-refractivity contribution in [3.8, 4) is 5.75 Å². The standard InChI is InChI=1S/C16H28N2O/c1-11(2)13-10-12(8-9-14(13)19-7)15(18(5)6)16(3,4)17/h8-11,15H,17H2,1-7H3. The molecule has 0 aromatic heterocycles. The van der Waals surface area contributed by atoms with E-state index in [0.29, 0.717) is 5.92 Å². The number of methoxy groups -OCH3 is 1. The number of nitrogens with two attached hydrogens (primary N) is 1. The van der Waals surface area contributed by atoms with E-state index in [2.05, 4.69) is 58.8 Å². The Labute approximate surface area is 117 Å². The Morgan fingerprint density at radius 3 is 2.16 bits per heavy atom. The van der Waals surface area contributed by atoms with Crippen molar-refractivity contribution in [2.45, 2.75) is 45.2 Å². The topological polar surface area (TPSA) is 38.5 Å². The first kappa shape index (κ1) is 16.0. The van der Waals surface area contributed by atoms with Crippen LogP contribution in [0.5, 0.6) is 5.75 Å². The van der Waals surface area contributed by atoms with E-state index in [4.69, 9.17) is 10.5 Å². The molecule has 1 rings (SSSR count). The maximum atomic E-state index is 6.34. The molecule has 1 unspecified atom stereocenters. The molecule has 2 N–H and O–H groups in total. The Balaban J connectivity index is 3.30. The molecule has 1 aromatic carbocycles. The van der Waals surface area contributed by atoms with E-state index in [1.165, 1.54) is 11.1 Å². The van der Waals surface area contributed by atoms with Crippen LogP contribution in [0.15, 0.2) is 18.2 Å². The van der Waals surface area contributed by atoms with Gasteiger partial charge >= 0.3 is 0 Å². The van der Waals surface area contributed by atoms with Gasteiger partial charge in [-0.15, -0.1) is 0 Å². The summed E-state index contributed by atoms with van der Waals surface area (Å²) in [6.07, 6.45) is 0. The lowest BCUT2D eigenvalue weighted by molar-refractivity contribution is 0.204. The van der Waals surface area contributed by atoms with Gasteiger partial charge in [-0.05, 0) is 51.1 Å².